The van der Waals surface area contributed by atoms with Gasteiger partial charge >= 0.3 is 37.4 Å². The van der Waals surface area contributed by atoms with Crippen LogP contribution in [0.15, 0.2) is 0 Å². The van der Waals surface area contributed by atoms with Crippen LogP contribution in [-0.2, 0) is 13.6 Å². The van der Waals surface area contributed by atoms with Crippen LogP contribution in [0.2, 0.25) is 0 Å². The molecule has 0 aromatic rings. The summed E-state index contributed by atoms with van der Waals surface area (Å²) in [5, 5.41) is 0. The fourth-order valence-electron chi connectivity index (χ4n) is 2.68. The van der Waals surface area contributed by atoms with E-state index in [0.717, 1.165) is 12.8 Å². The van der Waals surface area contributed by atoms with Crippen molar-refractivity contribution in [1.29, 1.82) is 0 Å². The Bertz CT molecular complexity index is 296. The number of hydrogen-bond acceptors (Lipinski definition) is 3. The van der Waals surface area contributed by atoms with Gasteiger partial charge in [0.25, 0.3) is 0 Å². The Balaban J connectivity index is -0.00000242. The van der Waals surface area contributed by atoms with Crippen LogP contribution in [0.4, 0.5) is 0 Å². The van der Waals surface area contributed by atoms with Crippen molar-refractivity contribution in [3.05, 3.63) is 0 Å². The molecule has 0 heterocycles. The second-order valence-corrected chi connectivity index (χ2v) is 7.77. The summed E-state index contributed by atoms with van der Waals surface area (Å²) < 4.78 is 20.8. The molecule has 0 aromatic heterocycles. The molecular formula is C18H40NaO4P. The molecule has 0 radical (unpaired) electrons. The smallest absolute Gasteiger partial charge is 1.00 e. The molecule has 0 aliphatic rings. The van der Waals surface area contributed by atoms with Crippen molar-refractivity contribution in [2.75, 3.05) is 13.2 Å². The first-order chi connectivity index (χ1) is 11.1. The number of unbranched alkanes of at least 4 members (excludes halogenated alkanes) is 13. The number of phosphoric acid groups is 1. The molecule has 0 aliphatic heterocycles. The fraction of sp³-hybridized carbons (Fsp3) is 1.00. The van der Waals surface area contributed by atoms with Crippen LogP contribution in [0, 0.1) is 0 Å². The summed E-state index contributed by atoms with van der Waals surface area (Å²) >= 11 is 0. The summed E-state index contributed by atoms with van der Waals surface area (Å²) in [6.45, 7) is 4.45. The summed E-state index contributed by atoms with van der Waals surface area (Å²) in [7, 11) is -3.78. The molecule has 0 aromatic carbocycles. The Morgan fingerprint density at radius 3 is 1.46 bits per heavy atom. The van der Waals surface area contributed by atoms with Crippen molar-refractivity contribution in [1.82, 2.24) is 0 Å². The first-order valence-corrected chi connectivity index (χ1v) is 11.2. The summed E-state index contributed by atoms with van der Waals surface area (Å²) in [4.78, 5) is 9.23. The van der Waals surface area contributed by atoms with Gasteiger partial charge in [0, 0.05) is 0 Å². The van der Waals surface area contributed by atoms with E-state index in [1.807, 2.05) is 0 Å². The van der Waals surface area contributed by atoms with E-state index in [1.54, 1.807) is 6.92 Å². The van der Waals surface area contributed by atoms with Gasteiger partial charge in [-0.15, -0.1) is 0 Å². The Labute approximate surface area is 173 Å². The van der Waals surface area contributed by atoms with Gasteiger partial charge in [-0.05, 0) is 13.3 Å². The van der Waals surface area contributed by atoms with Gasteiger partial charge in [0.05, 0.1) is 13.2 Å². The number of rotatable bonds is 18. The molecule has 6 heteroatoms. The molecule has 0 amide bonds. The first kappa shape index (κ1) is 27.3. The Hall–Kier alpha value is 1.11. The van der Waals surface area contributed by atoms with Crippen molar-refractivity contribution in [3.8, 4) is 0 Å². The Kier molecular flexibility index (Phi) is 23.3. The molecular weight excluding hydrogens is 334 g/mol. The molecule has 0 bridgehead atoms. The van der Waals surface area contributed by atoms with E-state index < -0.39 is 7.82 Å². The average Bonchev–Trinajstić information content (AvgIpc) is 2.51. The van der Waals surface area contributed by atoms with Crippen LogP contribution in [0.5, 0.6) is 0 Å². The predicted octanol–water partition coefficient (Wildman–Crippen LogP) is 3.74. The molecule has 0 saturated heterocycles. The quantitative estimate of drug-likeness (QED) is 0.226. The van der Waals surface area contributed by atoms with Gasteiger partial charge in [0.2, 0.25) is 0 Å². The van der Waals surface area contributed by atoms with Crippen LogP contribution in [0.1, 0.15) is 105 Å². The summed E-state index contributed by atoms with van der Waals surface area (Å²) in [5.74, 6) is 0. The minimum atomic E-state index is -3.78. The van der Waals surface area contributed by atoms with E-state index in [1.165, 1.54) is 77.0 Å². The minimum absolute atomic E-state index is 0. The molecule has 0 saturated carbocycles. The maximum Gasteiger partial charge on any atom is 1.00 e. The number of hydrogen-bond donors (Lipinski definition) is 1. The third-order valence-corrected chi connectivity index (χ3v) is 5.14. The third-order valence-electron chi connectivity index (χ3n) is 4.04. The van der Waals surface area contributed by atoms with Crippen LogP contribution >= 0.6 is 7.82 Å². The maximum atomic E-state index is 11.3. The molecule has 0 spiro atoms. The van der Waals surface area contributed by atoms with E-state index in [4.69, 9.17) is 4.52 Å². The molecule has 142 valence electrons. The fourth-order valence-corrected chi connectivity index (χ4v) is 3.44. The van der Waals surface area contributed by atoms with Gasteiger partial charge in [-0.1, -0.05) is 90.4 Å². The summed E-state index contributed by atoms with van der Waals surface area (Å²) in [6.07, 6.45) is 18.1. The van der Waals surface area contributed by atoms with E-state index in [9.17, 15) is 9.46 Å². The Morgan fingerprint density at radius 1 is 0.708 bits per heavy atom. The van der Waals surface area contributed by atoms with Gasteiger partial charge in [-0.2, -0.15) is 0 Å². The zero-order valence-corrected chi connectivity index (χ0v) is 19.3. The molecule has 24 heavy (non-hydrogen) atoms. The van der Waals surface area contributed by atoms with Crippen LogP contribution in [0.25, 0.3) is 0 Å². The van der Waals surface area contributed by atoms with Crippen molar-refractivity contribution in [2.24, 2.45) is 0 Å². The molecule has 4 nitrogen and oxygen atoms in total. The van der Waals surface area contributed by atoms with Gasteiger partial charge in [-0.3, -0.25) is 9.05 Å². The van der Waals surface area contributed by atoms with Gasteiger partial charge in [0.15, 0.2) is 0 Å². The third kappa shape index (κ3) is 21.2. The largest absolute Gasteiger partial charge is 1.00 e. The van der Waals surface area contributed by atoms with Crippen molar-refractivity contribution < 1.29 is 49.5 Å². The molecule has 0 aliphatic carbocycles. The van der Waals surface area contributed by atoms with Crippen LogP contribution in [0.3, 0.4) is 0 Å². The topological polar surface area (TPSA) is 55.8 Å². The predicted molar refractivity (Wildman–Crippen MR) is 98.8 cm³/mol. The minimum Gasteiger partial charge on any atom is -1.00 e. The first-order valence-electron chi connectivity index (χ1n) is 9.74. The summed E-state index contributed by atoms with van der Waals surface area (Å²) in [6, 6.07) is 0. The molecule has 1 atom stereocenters. The van der Waals surface area contributed by atoms with Crippen molar-refractivity contribution in [3.63, 3.8) is 0 Å². The molecule has 1 N–H and O–H groups in total. The second kappa shape index (κ2) is 20.4. The molecule has 0 rings (SSSR count). The second-order valence-electron chi connectivity index (χ2n) is 6.32. The van der Waals surface area contributed by atoms with E-state index in [2.05, 4.69) is 11.4 Å². The van der Waals surface area contributed by atoms with E-state index in [0.29, 0.717) is 6.61 Å². The van der Waals surface area contributed by atoms with Crippen molar-refractivity contribution in [2.45, 2.75) is 104 Å². The monoisotopic (exact) mass is 374 g/mol. The van der Waals surface area contributed by atoms with Crippen LogP contribution in [-0.4, -0.2) is 18.1 Å². The Morgan fingerprint density at radius 2 is 1.08 bits per heavy atom. The van der Waals surface area contributed by atoms with Gasteiger partial charge in [0.1, 0.15) is 0 Å². The van der Waals surface area contributed by atoms with E-state index >= 15 is 0 Å². The standard InChI is InChI=1S/C18H39O4P.Na.H/c1-3-5-6-7-8-9-10-11-12-13-14-15-16-17-18-22-23(19,20)21-4-2;;/h3-18H2,1-2H3,(H,19,20);;/q;+1;-1. The molecule has 1 unspecified atom stereocenters. The zero-order chi connectivity index (χ0) is 17.2. The summed E-state index contributed by atoms with van der Waals surface area (Å²) in [5.41, 5.74) is 0. The SMILES string of the molecule is CCCCCCCCCCCCCCCCOP(=O)(O)OCC.[H-].[Na+]. The zero-order valence-electron chi connectivity index (χ0n) is 17.4. The van der Waals surface area contributed by atoms with Gasteiger partial charge < -0.3 is 6.32 Å². The van der Waals surface area contributed by atoms with Crippen molar-refractivity contribution >= 4 is 7.82 Å². The van der Waals surface area contributed by atoms with E-state index in [-0.39, 0.29) is 37.6 Å². The average molecular weight is 374 g/mol. The molecule has 0 fully saturated rings. The normalized spacial score (nSPS) is 13.5. The maximum absolute atomic E-state index is 11.3. The van der Waals surface area contributed by atoms with Crippen LogP contribution < -0.4 is 29.6 Å². The van der Waals surface area contributed by atoms with Gasteiger partial charge in [-0.25, -0.2) is 4.57 Å². The number of phosphoric ester groups is 1.